The lowest BCUT2D eigenvalue weighted by Crippen LogP contribution is -1.95. The molecule has 2 aromatic rings. The highest BCUT2D eigenvalue weighted by atomic mass is 35.5. The van der Waals surface area contributed by atoms with Crippen LogP contribution in [0, 0.1) is 0 Å². The van der Waals surface area contributed by atoms with E-state index in [4.69, 9.17) is 16.3 Å². The highest BCUT2D eigenvalue weighted by molar-refractivity contribution is 7.11. The summed E-state index contributed by atoms with van der Waals surface area (Å²) >= 11 is 7.18. The van der Waals surface area contributed by atoms with Gasteiger partial charge in [0.2, 0.25) is 0 Å². The summed E-state index contributed by atoms with van der Waals surface area (Å²) in [7, 11) is 0. The monoisotopic (exact) mass is 267 g/mol. The summed E-state index contributed by atoms with van der Waals surface area (Å²) in [5.41, 5.74) is 1.21. The molecule has 1 atom stereocenters. The highest BCUT2D eigenvalue weighted by Crippen LogP contribution is 2.33. The first-order chi connectivity index (χ1) is 8.20. The second-order valence-electron chi connectivity index (χ2n) is 3.89. The van der Waals surface area contributed by atoms with Crippen molar-refractivity contribution in [3.63, 3.8) is 0 Å². The Balaban J connectivity index is 2.26. The minimum atomic E-state index is 0.474. The van der Waals surface area contributed by atoms with E-state index >= 15 is 0 Å². The Labute approximate surface area is 110 Å². The number of benzene rings is 1. The lowest BCUT2D eigenvalue weighted by atomic mass is 9.98. The summed E-state index contributed by atoms with van der Waals surface area (Å²) in [5, 5.41) is 2.83. The zero-order valence-corrected chi connectivity index (χ0v) is 11.4. The van der Waals surface area contributed by atoms with Crippen molar-refractivity contribution in [1.29, 1.82) is 0 Å². The average Bonchev–Trinajstić information content (AvgIpc) is 2.74. The third-order valence-corrected chi connectivity index (χ3v) is 3.76. The smallest absolute Gasteiger partial charge is 0.280 e. The first-order valence-electron chi connectivity index (χ1n) is 5.58. The Morgan fingerprint density at radius 1 is 1.41 bits per heavy atom. The third kappa shape index (κ3) is 2.99. The maximum atomic E-state index is 5.78. The molecule has 1 unspecified atom stereocenters. The molecule has 0 aliphatic carbocycles. The number of aromatic nitrogens is 1. The van der Waals surface area contributed by atoms with E-state index in [9.17, 15) is 0 Å². The van der Waals surface area contributed by atoms with E-state index in [1.807, 2.05) is 18.2 Å². The van der Waals surface area contributed by atoms with Crippen molar-refractivity contribution >= 4 is 22.9 Å². The van der Waals surface area contributed by atoms with Crippen LogP contribution in [0.1, 0.15) is 31.7 Å². The zero-order chi connectivity index (χ0) is 12.3. The number of halogens is 1. The van der Waals surface area contributed by atoms with Gasteiger partial charge in [-0.05, 0) is 24.0 Å². The molecule has 90 valence electrons. The second-order valence-corrected chi connectivity index (χ2v) is 5.09. The van der Waals surface area contributed by atoms with E-state index in [0.29, 0.717) is 16.3 Å². The van der Waals surface area contributed by atoms with Crippen LogP contribution in [0.15, 0.2) is 29.6 Å². The molecule has 0 amide bonds. The molecule has 0 N–H and O–H groups in total. The molecule has 0 radical (unpaired) electrons. The minimum absolute atomic E-state index is 0.474. The largest absolute Gasteiger partial charge is 0.431 e. The third-order valence-electron chi connectivity index (χ3n) is 2.71. The normalized spacial score (nSPS) is 12.4. The number of nitrogens with zero attached hydrogens (tertiary/aromatic N) is 1. The molecule has 0 saturated carbocycles. The number of hydrogen-bond acceptors (Lipinski definition) is 3. The van der Waals surface area contributed by atoms with Crippen LogP contribution in [0.25, 0.3) is 0 Å². The molecule has 0 fully saturated rings. The van der Waals surface area contributed by atoms with Crippen LogP contribution in [0.2, 0.25) is 5.15 Å². The SMILES string of the molecule is CCC(C)c1ccccc1Oc1nc(Cl)cs1. The molecule has 0 spiro atoms. The highest BCUT2D eigenvalue weighted by Gasteiger charge is 2.11. The lowest BCUT2D eigenvalue weighted by molar-refractivity contribution is 0.467. The average molecular weight is 268 g/mol. The first kappa shape index (κ1) is 12.4. The Morgan fingerprint density at radius 2 is 2.18 bits per heavy atom. The molecule has 0 aliphatic heterocycles. The van der Waals surface area contributed by atoms with Crippen molar-refractivity contribution in [2.45, 2.75) is 26.2 Å². The molecule has 1 aromatic carbocycles. The molecular weight excluding hydrogens is 254 g/mol. The Hall–Kier alpha value is -1.06. The predicted molar refractivity (Wildman–Crippen MR) is 72.3 cm³/mol. The van der Waals surface area contributed by atoms with Crippen LogP contribution in [0.4, 0.5) is 0 Å². The summed E-state index contributed by atoms with van der Waals surface area (Å²) in [6.07, 6.45) is 1.08. The van der Waals surface area contributed by atoms with Gasteiger partial charge in [0.15, 0.2) is 0 Å². The molecule has 2 rings (SSSR count). The van der Waals surface area contributed by atoms with Crippen LogP contribution in [0.5, 0.6) is 10.9 Å². The number of para-hydroxylation sites is 1. The van der Waals surface area contributed by atoms with Crippen molar-refractivity contribution in [2.24, 2.45) is 0 Å². The van der Waals surface area contributed by atoms with Crippen LogP contribution in [-0.4, -0.2) is 4.98 Å². The molecular formula is C13H14ClNOS. The minimum Gasteiger partial charge on any atom is -0.431 e. The molecule has 1 heterocycles. The molecule has 1 aromatic heterocycles. The second kappa shape index (κ2) is 5.52. The molecule has 17 heavy (non-hydrogen) atoms. The van der Waals surface area contributed by atoms with E-state index in [1.54, 1.807) is 5.38 Å². The summed E-state index contributed by atoms with van der Waals surface area (Å²) in [4.78, 5) is 4.09. The van der Waals surface area contributed by atoms with E-state index in [0.717, 1.165) is 12.2 Å². The number of rotatable bonds is 4. The van der Waals surface area contributed by atoms with Crippen LogP contribution >= 0.6 is 22.9 Å². The predicted octanol–water partition coefficient (Wildman–Crippen LogP) is 5.10. The summed E-state index contributed by atoms with van der Waals surface area (Å²) in [6, 6.07) is 8.06. The fraction of sp³-hybridized carbons (Fsp3) is 0.308. The summed E-state index contributed by atoms with van der Waals surface area (Å²) in [5.74, 6) is 1.34. The van der Waals surface area contributed by atoms with Gasteiger partial charge in [-0.3, -0.25) is 0 Å². The Kier molecular flexibility index (Phi) is 4.02. The standard InChI is InChI=1S/C13H14ClNOS/c1-3-9(2)10-6-4-5-7-11(10)16-13-15-12(14)8-17-13/h4-9H,3H2,1-2H3. The van der Waals surface area contributed by atoms with Crippen molar-refractivity contribution in [3.8, 4) is 10.9 Å². The Bertz CT molecular complexity index is 498. The molecule has 0 bridgehead atoms. The lowest BCUT2D eigenvalue weighted by Gasteiger charge is -2.13. The van der Waals surface area contributed by atoms with E-state index in [2.05, 4.69) is 24.9 Å². The van der Waals surface area contributed by atoms with Crippen LogP contribution in [0.3, 0.4) is 0 Å². The number of ether oxygens (including phenoxy) is 1. The van der Waals surface area contributed by atoms with Crippen molar-refractivity contribution in [2.75, 3.05) is 0 Å². The fourth-order valence-corrected chi connectivity index (χ4v) is 2.38. The number of thiazole rings is 1. The van der Waals surface area contributed by atoms with Crippen LogP contribution in [-0.2, 0) is 0 Å². The Morgan fingerprint density at radius 3 is 2.82 bits per heavy atom. The quantitative estimate of drug-likeness (QED) is 0.769. The maximum Gasteiger partial charge on any atom is 0.280 e. The van der Waals surface area contributed by atoms with Crippen LogP contribution < -0.4 is 4.74 Å². The van der Waals surface area contributed by atoms with Crippen molar-refractivity contribution in [3.05, 3.63) is 40.4 Å². The molecule has 0 aliphatic rings. The van der Waals surface area contributed by atoms with Gasteiger partial charge in [-0.25, -0.2) is 0 Å². The molecule has 2 nitrogen and oxygen atoms in total. The van der Waals surface area contributed by atoms with Gasteiger partial charge in [-0.15, -0.1) is 0 Å². The van der Waals surface area contributed by atoms with Gasteiger partial charge >= 0.3 is 0 Å². The fourth-order valence-electron chi connectivity index (χ4n) is 1.58. The topological polar surface area (TPSA) is 22.1 Å². The van der Waals surface area contributed by atoms with Gasteiger partial charge in [0.1, 0.15) is 10.9 Å². The van der Waals surface area contributed by atoms with Crippen molar-refractivity contribution < 1.29 is 4.74 Å². The van der Waals surface area contributed by atoms with Gasteiger partial charge < -0.3 is 4.74 Å². The molecule has 4 heteroatoms. The van der Waals surface area contributed by atoms with Gasteiger partial charge in [0.05, 0.1) is 0 Å². The van der Waals surface area contributed by atoms with Gasteiger partial charge in [-0.2, -0.15) is 4.98 Å². The van der Waals surface area contributed by atoms with Gasteiger partial charge in [0, 0.05) is 5.38 Å². The van der Waals surface area contributed by atoms with E-state index in [1.165, 1.54) is 16.9 Å². The molecule has 0 saturated heterocycles. The first-order valence-corrected chi connectivity index (χ1v) is 6.84. The summed E-state index contributed by atoms with van der Waals surface area (Å²) in [6.45, 7) is 4.36. The van der Waals surface area contributed by atoms with Gasteiger partial charge in [-0.1, -0.05) is 55.0 Å². The van der Waals surface area contributed by atoms with Crippen molar-refractivity contribution in [1.82, 2.24) is 4.98 Å². The van der Waals surface area contributed by atoms with E-state index < -0.39 is 0 Å². The van der Waals surface area contributed by atoms with E-state index in [-0.39, 0.29) is 0 Å². The van der Waals surface area contributed by atoms with Gasteiger partial charge in [0.25, 0.3) is 5.19 Å². The number of hydrogen-bond donors (Lipinski definition) is 0. The summed E-state index contributed by atoms with van der Waals surface area (Å²) < 4.78 is 5.78. The maximum absolute atomic E-state index is 5.78. The zero-order valence-electron chi connectivity index (χ0n) is 9.81.